The summed E-state index contributed by atoms with van der Waals surface area (Å²) in [7, 11) is 0. The van der Waals surface area contributed by atoms with Crippen LogP contribution in [0.15, 0.2) is 138 Å². The highest BCUT2D eigenvalue weighted by Gasteiger charge is 2.50. The maximum Gasteiger partial charge on any atom is 0.133 e. The Morgan fingerprint density at radius 3 is 2.07 bits per heavy atom. The van der Waals surface area contributed by atoms with Crippen LogP contribution in [0.2, 0.25) is 0 Å². The lowest BCUT2D eigenvalue weighted by atomic mass is 9.75. The molecule has 1 aromatic heterocycles. The molecule has 1 saturated heterocycles. The summed E-state index contributed by atoms with van der Waals surface area (Å²) in [6, 6.07) is 37.1. The average Bonchev–Trinajstić information content (AvgIpc) is 3.45. The Morgan fingerprint density at radius 2 is 1.49 bits per heavy atom. The summed E-state index contributed by atoms with van der Waals surface area (Å²) in [5, 5.41) is 11.6. The van der Waals surface area contributed by atoms with E-state index in [1.165, 1.54) is 0 Å². The topological polar surface area (TPSA) is 53.0 Å². The van der Waals surface area contributed by atoms with Crippen LogP contribution < -0.4 is 10.2 Å². The highest BCUT2D eigenvalue weighted by molar-refractivity contribution is 6.05. The number of pyridine rings is 1. The molecule has 228 valence electrons. The van der Waals surface area contributed by atoms with E-state index in [-0.39, 0.29) is 18.1 Å². The number of benzene rings is 3. The molecule has 0 bridgehead atoms. The number of hydrazone groups is 1. The minimum Gasteiger partial charge on any atom is -0.491 e. The molecule has 3 unspecified atom stereocenters. The first-order valence-electron chi connectivity index (χ1n) is 16.1. The number of anilines is 1. The standard InChI is InChI=1S/C39H41N5O/c1-28(2)45-34-19-20-36-35(26-34)38(30-21-22-41-37(25-30)43-24-23-40-29(3)27-43)42-44(36)39(31-13-7-4-8-14-31,32-15-9-5-10-16-32)33-17-11-6-12-18-33/h4-22,25-26,28-29,35-36,40H,23-24,27H2,1-3H3. The summed E-state index contributed by atoms with van der Waals surface area (Å²) in [6.07, 6.45) is 8.68. The molecule has 1 N–H and O–H groups in total. The smallest absolute Gasteiger partial charge is 0.133 e. The normalized spacial score (nSPS) is 21.4. The molecule has 3 aliphatic rings. The van der Waals surface area contributed by atoms with Gasteiger partial charge in [-0.25, -0.2) is 4.98 Å². The first kappa shape index (κ1) is 29.1. The zero-order valence-corrected chi connectivity index (χ0v) is 26.3. The summed E-state index contributed by atoms with van der Waals surface area (Å²) >= 11 is 0. The molecule has 0 radical (unpaired) electrons. The molecule has 2 aliphatic heterocycles. The van der Waals surface area contributed by atoms with Crippen LogP contribution in [0.1, 0.15) is 43.0 Å². The summed E-state index contributed by atoms with van der Waals surface area (Å²) < 4.78 is 6.26. The monoisotopic (exact) mass is 595 g/mol. The minimum absolute atomic E-state index is 0.0172. The van der Waals surface area contributed by atoms with Gasteiger partial charge in [0.15, 0.2) is 0 Å². The molecule has 6 heteroatoms. The van der Waals surface area contributed by atoms with E-state index in [1.54, 1.807) is 0 Å². The van der Waals surface area contributed by atoms with Gasteiger partial charge in [-0.05, 0) is 61.7 Å². The Morgan fingerprint density at radius 1 is 0.867 bits per heavy atom. The van der Waals surface area contributed by atoms with E-state index in [9.17, 15) is 0 Å². The average molecular weight is 596 g/mol. The fraction of sp³-hybridized carbons (Fsp3) is 0.282. The Bertz CT molecular complexity index is 1600. The second-order valence-corrected chi connectivity index (χ2v) is 12.5. The van der Waals surface area contributed by atoms with Gasteiger partial charge in [0, 0.05) is 37.4 Å². The molecule has 0 saturated carbocycles. The Kier molecular flexibility index (Phi) is 7.99. The molecule has 6 nitrogen and oxygen atoms in total. The first-order valence-corrected chi connectivity index (χ1v) is 16.1. The van der Waals surface area contributed by atoms with Crippen molar-refractivity contribution in [3.05, 3.63) is 156 Å². The largest absolute Gasteiger partial charge is 0.491 e. The summed E-state index contributed by atoms with van der Waals surface area (Å²) in [5.41, 5.74) is 4.91. The van der Waals surface area contributed by atoms with Gasteiger partial charge < -0.3 is 15.0 Å². The molecule has 3 aromatic carbocycles. The zero-order valence-electron chi connectivity index (χ0n) is 26.3. The fourth-order valence-electron chi connectivity index (χ4n) is 7.09. The van der Waals surface area contributed by atoms with E-state index in [2.05, 4.69) is 157 Å². The number of nitrogens with zero attached hydrogens (tertiary/aromatic N) is 4. The summed E-state index contributed by atoms with van der Waals surface area (Å²) in [5.74, 6) is 1.86. The molecular weight excluding hydrogens is 554 g/mol. The van der Waals surface area contributed by atoms with Gasteiger partial charge >= 0.3 is 0 Å². The van der Waals surface area contributed by atoms with Gasteiger partial charge in [-0.1, -0.05) is 97.1 Å². The van der Waals surface area contributed by atoms with Crippen LogP contribution in [0.4, 0.5) is 5.82 Å². The third kappa shape index (κ3) is 5.44. The zero-order chi connectivity index (χ0) is 30.8. The van der Waals surface area contributed by atoms with E-state index < -0.39 is 5.54 Å². The van der Waals surface area contributed by atoms with Gasteiger partial charge in [-0.2, -0.15) is 5.10 Å². The van der Waals surface area contributed by atoms with Crippen LogP contribution >= 0.6 is 0 Å². The van der Waals surface area contributed by atoms with Crippen LogP contribution in [-0.4, -0.2) is 53.5 Å². The number of aromatic nitrogens is 1. The third-order valence-corrected chi connectivity index (χ3v) is 9.01. The van der Waals surface area contributed by atoms with Gasteiger partial charge in [0.1, 0.15) is 17.1 Å². The number of piperazine rings is 1. The van der Waals surface area contributed by atoms with Crippen molar-refractivity contribution < 1.29 is 4.74 Å². The Labute approximate surface area is 266 Å². The summed E-state index contributed by atoms with van der Waals surface area (Å²) in [6.45, 7) is 9.18. The molecule has 3 heterocycles. The Hall–Kier alpha value is -4.68. The molecule has 7 rings (SSSR count). The lowest BCUT2D eigenvalue weighted by Crippen LogP contribution is -2.49. The van der Waals surface area contributed by atoms with Gasteiger partial charge in [0.2, 0.25) is 0 Å². The van der Waals surface area contributed by atoms with Gasteiger partial charge in [0.25, 0.3) is 0 Å². The molecule has 0 amide bonds. The second kappa shape index (κ2) is 12.4. The molecule has 45 heavy (non-hydrogen) atoms. The van der Waals surface area contributed by atoms with E-state index in [0.29, 0.717) is 6.04 Å². The fourth-order valence-corrected chi connectivity index (χ4v) is 7.09. The van der Waals surface area contributed by atoms with E-state index in [1.807, 2.05) is 6.20 Å². The quantitative estimate of drug-likeness (QED) is 0.228. The molecular formula is C39H41N5O. The lowest BCUT2D eigenvalue weighted by Gasteiger charge is -2.45. The molecule has 1 fully saturated rings. The highest BCUT2D eigenvalue weighted by Crippen LogP contribution is 2.48. The van der Waals surface area contributed by atoms with Crippen molar-refractivity contribution >= 4 is 11.5 Å². The van der Waals surface area contributed by atoms with Crippen LogP contribution in [0.3, 0.4) is 0 Å². The van der Waals surface area contributed by atoms with E-state index >= 15 is 0 Å². The van der Waals surface area contributed by atoms with Gasteiger partial charge in [0.05, 0.1) is 23.8 Å². The minimum atomic E-state index is -0.688. The predicted molar refractivity (Wildman–Crippen MR) is 182 cm³/mol. The number of hydrogen-bond donors (Lipinski definition) is 1. The summed E-state index contributed by atoms with van der Waals surface area (Å²) in [4.78, 5) is 7.19. The van der Waals surface area contributed by atoms with Crippen LogP contribution in [0.5, 0.6) is 0 Å². The van der Waals surface area contributed by atoms with Crippen molar-refractivity contribution in [3.63, 3.8) is 0 Å². The Balaban J connectivity index is 1.44. The van der Waals surface area contributed by atoms with Crippen LogP contribution in [0, 0.1) is 5.92 Å². The molecule has 4 aromatic rings. The van der Waals surface area contributed by atoms with Crippen LogP contribution in [-0.2, 0) is 10.3 Å². The highest BCUT2D eigenvalue weighted by atomic mass is 16.5. The van der Waals surface area contributed by atoms with Crippen molar-refractivity contribution in [1.82, 2.24) is 15.3 Å². The molecule has 1 aliphatic carbocycles. The number of nitrogens with one attached hydrogen (secondary N) is 1. The third-order valence-electron chi connectivity index (χ3n) is 9.01. The maximum atomic E-state index is 6.26. The first-order chi connectivity index (χ1) is 22.0. The number of rotatable bonds is 8. The van der Waals surface area contributed by atoms with Crippen molar-refractivity contribution in [2.75, 3.05) is 24.5 Å². The maximum absolute atomic E-state index is 6.26. The van der Waals surface area contributed by atoms with Crippen molar-refractivity contribution in [3.8, 4) is 0 Å². The molecule has 3 atom stereocenters. The lowest BCUT2D eigenvalue weighted by molar-refractivity contribution is 0.126. The van der Waals surface area contributed by atoms with Crippen molar-refractivity contribution in [2.45, 2.75) is 44.5 Å². The molecule has 0 spiro atoms. The number of fused-ring (bicyclic) bond motifs is 1. The number of hydrogen-bond acceptors (Lipinski definition) is 6. The van der Waals surface area contributed by atoms with Crippen LogP contribution in [0.25, 0.3) is 0 Å². The van der Waals surface area contributed by atoms with Gasteiger partial charge in [-0.3, -0.25) is 5.01 Å². The second-order valence-electron chi connectivity index (χ2n) is 12.5. The number of allylic oxidation sites excluding steroid dienone is 1. The van der Waals surface area contributed by atoms with E-state index in [4.69, 9.17) is 14.8 Å². The van der Waals surface area contributed by atoms with Crippen molar-refractivity contribution in [2.24, 2.45) is 11.0 Å². The van der Waals surface area contributed by atoms with E-state index in [0.717, 1.165) is 59.2 Å². The van der Waals surface area contributed by atoms with Crippen molar-refractivity contribution in [1.29, 1.82) is 0 Å². The predicted octanol–water partition coefficient (Wildman–Crippen LogP) is 6.76. The van der Waals surface area contributed by atoms with Gasteiger partial charge in [-0.15, -0.1) is 0 Å². The SMILES string of the molecule is CC1CN(c2cc(C3=NN(C(c4ccccc4)(c4ccccc4)c4ccccc4)C4C=CC(OC(C)C)=CC34)ccn2)CCN1. The number of ether oxygens (including phenoxy) is 1.